The summed E-state index contributed by atoms with van der Waals surface area (Å²) in [6, 6.07) is 4.66. The monoisotopic (exact) mass is 277 g/mol. The molecule has 0 radical (unpaired) electrons. The second kappa shape index (κ2) is 5.40. The largest absolute Gasteiger partial charge is 0.398 e. The fraction of sp³-hybridized carbons (Fsp3) is 0.533. The molecule has 3 N–H and O–H groups in total. The number of hydrogen-bond acceptors (Lipinski definition) is 3. The molecular weight excluding hydrogens is 257 g/mol. The van der Waals surface area contributed by atoms with Crippen molar-refractivity contribution in [1.29, 1.82) is 0 Å². The van der Waals surface area contributed by atoms with E-state index < -0.39 is 5.82 Å². The number of nitrogens with zero attached hydrogens (tertiary/aromatic N) is 1. The number of carbonyl (C=O) groups excluding carboxylic acids is 1. The highest BCUT2D eigenvalue weighted by atomic mass is 19.1. The fourth-order valence-corrected chi connectivity index (χ4v) is 2.86. The van der Waals surface area contributed by atoms with Crippen molar-refractivity contribution in [3.8, 4) is 0 Å². The zero-order valence-electron chi connectivity index (χ0n) is 11.4. The Labute approximate surface area is 118 Å². The van der Waals surface area contributed by atoms with Gasteiger partial charge in [0.05, 0.1) is 5.56 Å². The minimum atomic E-state index is -0.440. The van der Waals surface area contributed by atoms with E-state index in [1.165, 1.54) is 31.0 Å². The molecule has 5 heteroatoms. The lowest BCUT2D eigenvalue weighted by molar-refractivity contribution is 0.0948. The predicted molar refractivity (Wildman–Crippen MR) is 75.8 cm³/mol. The Balaban J connectivity index is 1.53. The fourth-order valence-electron chi connectivity index (χ4n) is 2.86. The molecule has 1 saturated carbocycles. The average Bonchev–Trinajstić information content (AvgIpc) is 3.18. The molecule has 1 saturated heterocycles. The van der Waals surface area contributed by atoms with Crippen LogP contribution in [0.25, 0.3) is 0 Å². The van der Waals surface area contributed by atoms with Crippen LogP contribution < -0.4 is 11.1 Å². The number of hydrogen-bond donors (Lipinski definition) is 2. The summed E-state index contributed by atoms with van der Waals surface area (Å²) < 4.78 is 13.2. The maximum atomic E-state index is 13.2. The molecule has 20 heavy (non-hydrogen) atoms. The molecule has 0 spiro atoms. The van der Waals surface area contributed by atoms with Crippen LogP contribution in [-0.4, -0.2) is 36.5 Å². The quantitative estimate of drug-likeness (QED) is 0.822. The summed E-state index contributed by atoms with van der Waals surface area (Å²) in [4.78, 5) is 14.5. The number of rotatable bonds is 4. The van der Waals surface area contributed by atoms with E-state index in [1.54, 1.807) is 0 Å². The lowest BCUT2D eigenvalue weighted by Gasteiger charge is -2.15. The topological polar surface area (TPSA) is 58.4 Å². The summed E-state index contributed by atoms with van der Waals surface area (Å²) in [5.41, 5.74) is 6.25. The molecule has 2 fully saturated rings. The second-order valence-electron chi connectivity index (χ2n) is 5.82. The molecule has 2 aliphatic rings. The maximum Gasteiger partial charge on any atom is 0.253 e. The Morgan fingerprint density at radius 3 is 2.95 bits per heavy atom. The first-order valence-electron chi connectivity index (χ1n) is 7.21. The van der Waals surface area contributed by atoms with E-state index in [9.17, 15) is 9.18 Å². The lowest BCUT2D eigenvalue weighted by Crippen LogP contribution is -2.32. The molecule has 108 valence electrons. The van der Waals surface area contributed by atoms with Crippen molar-refractivity contribution in [2.24, 2.45) is 5.92 Å². The highest BCUT2D eigenvalue weighted by molar-refractivity contribution is 5.99. The predicted octanol–water partition coefficient (Wildman–Crippen LogP) is 1.62. The molecule has 1 aromatic rings. The molecule has 1 unspecified atom stereocenters. The zero-order valence-corrected chi connectivity index (χ0v) is 11.4. The first-order valence-corrected chi connectivity index (χ1v) is 7.21. The van der Waals surface area contributed by atoms with Crippen LogP contribution in [0, 0.1) is 11.7 Å². The summed E-state index contributed by atoms with van der Waals surface area (Å²) in [6.45, 7) is 2.83. The van der Waals surface area contributed by atoms with Crippen LogP contribution in [0.2, 0.25) is 0 Å². The molecule has 1 amide bonds. The Bertz CT molecular complexity index is 516. The Hall–Kier alpha value is -1.62. The van der Waals surface area contributed by atoms with Gasteiger partial charge < -0.3 is 16.0 Å². The summed E-state index contributed by atoms with van der Waals surface area (Å²) in [6.07, 6.45) is 3.76. The molecule has 0 bridgehead atoms. The van der Waals surface area contributed by atoms with Crippen molar-refractivity contribution in [2.45, 2.75) is 25.3 Å². The van der Waals surface area contributed by atoms with E-state index in [2.05, 4.69) is 10.2 Å². The standard InChI is InChI=1S/C15H20FN3O/c16-11-1-4-14(17)13(7-11)15(20)18-8-10-5-6-19(9-10)12-2-3-12/h1,4,7,10,12H,2-3,5-6,8-9,17H2,(H,18,20). The number of nitrogens with two attached hydrogens (primary N) is 1. The van der Waals surface area contributed by atoms with Crippen LogP contribution in [0.1, 0.15) is 29.6 Å². The van der Waals surface area contributed by atoms with Gasteiger partial charge in [0.1, 0.15) is 5.82 Å². The third kappa shape index (κ3) is 2.93. The highest BCUT2D eigenvalue weighted by Crippen LogP contribution is 2.31. The van der Waals surface area contributed by atoms with Crippen LogP contribution in [0.4, 0.5) is 10.1 Å². The van der Waals surface area contributed by atoms with Crippen molar-refractivity contribution in [3.05, 3.63) is 29.6 Å². The number of nitrogens with one attached hydrogen (secondary N) is 1. The van der Waals surface area contributed by atoms with Gasteiger partial charge in [-0.15, -0.1) is 0 Å². The van der Waals surface area contributed by atoms with E-state index in [0.717, 1.165) is 25.6 Å². The van der Waals surface area contributed by atoms with Crippen molar-refractivity contribution in [1.82, 2.24) is 10.2 Å². The van der Waals surface area contributed by atoms with E-state index in [4.69, 9.17) is 5.73 Å². The number of amides is 1. The minimum absolute atomic E-state index is 0.224. The first-order chi connectivity index (χ1) is 9.63. The molecule has 3 rings (SSSR count). The molecule has 0 aromatic heterocycles. The van der Waals surface area contributed by atoms with Gasteiger partial charge in [-0.05, 0) is 49.9 Å². The van der Waals surface area contributed by atoms with Gasteiger partial charge in [-0.3, -0.25) is 4.79 Å². The van der Waals surface area contributed by atoms with Crippen molar-refractivity contribution < 1.29 is 9.18 Å². The van der Waals surface area contributed by atoms with Crippen molar-refractivity contribution in [3.63, 3.8) is 0 Å². The van der Waals surface area contributed by atoms with Crippen LogP contribution >= 0.6 is 0 Å². The SMILES string of the molecule is Nc1ccc(F)cc1C(=O)NCC1CCN(C2CC2)C1. The molecule has 1 heterocycles. The molecule has 1 aliphatic heterocycles. The summed E-state index contributed by atoms with van der Waals surface area (Å²) in [5, 5.41) is 2.88. The van der Waals surface area contributed by atoms with E-state index in [-0.39, 0.29) is 11.5 Å². The van der Waals surface area contributed by atoms with Crippen LogP contribution in [-0.2, 0) is 0 Å². The maximum absolute atomic E-state index is 13.2. The molecule has 4 nitrogen and oxygen atoms in total. The molecule has 1 atom stereocenters. The smallest absolute Gasteiger partial charge is 0.253 e. The van der Waals surface area contributed by atoms with E-state index >= 15 is 0 Å². The Morgan fingerprint density at radius 1 is 1.40 bits per heavy atom. The van der Waals surface area contributed by atoms with Crippen LogP contribution in [0.5, 0.6) is 0 Å². The highest BCUT2D eigenvalue weighted by Gasteiger charge is 2.34. The van der Waals surface area contributed by atoms with Gasteiger partial charge in [0.15, 0.2) is 0 Å². The number of anilines is 1. The number of benzene rings is 1. The van der Waals surface area contributed by atoms with Gasteiger partial charge in [-0.2, -0.15) is 0 Å². The Morgan fingerprint density at radius 2 is 2.20 bits per heavy atom. The second-order valence-corrected chi connectivity index (χ2v) is 5.82. The van der Waals surface area contributed by atoms with Crippen LogP contribution in [0.15, 0.2) is 18.2 Å². The van der Waals surface area contributed by atoms with Crippen molar-refractivity contribution >= 4 is 11.6 Å². The van der Waals surface area contributed by atoms with Gasteiger partial charge in [-0.25, -0.2) is 4.39 Å². The third-order valence-corrected chi connectivity index (χ3v) is 4.19. The third-order valence-electron chi connectivity index (χ3n) is 4.19. The summed E-state index contributed by atoms with van der Waals surface area (Å²) in [5.74, 6) is -0.230. The van der Waals surface area contributed by atoms with E-state index in [0.29, 0.717) is 18.2 Å². The summed E-state index contributed by atoms with van der Waals surface area (Å²) in [7, 11) is 0. The van der Waals surface area contributed by atoms with Gasteiger partial charge in [0.2, 0.25) is 0 Å². The summed E-state index contributed by atoms with van der Waals surface area (Å²) >= 11 is 0. The van der Waals surface area contributed by atoms with Crippen LogP contribution in [0.3, 0.4) is 0 Å². The number of halogens is 1. The van der Waals surface area contributed by atoms with Gasteiger partial charge >= 0.3 is 0 Å². The molecule has 1 aliphatic carbocycles. The Kier molecular flexibility index (Phi) is 3.61. The lowest BCUT2D eigenvalue weighted by atomic mass is 10.1. The van der Waals surface area contributed by atoms with Crippen molar-refractivity contribution in [2.75, 3.05) is 25.4 Å². The van der Waals surface area contributed by atoms with Gasteiger partial charge in [0.25, 0.3) is 5.91 Å². The zero-order chi connectivity index (χ0) is 14.1. The number of carbonyl (C=O) groups is 1. The number of nitrogen functional groups attached to an aromatic ring is 1. The van der Waals surface area contributed by atoms with Gasteiger partial charge in [0, 0.05) is 24.8 Å². The van der Waals surface area contributed by atoms with Gasteiger partial charge in [-0.1, -0.05) is 0 Å². The molecule has 1 aromatic carbocycles. The number of likely N-dealkylation sites (tertiary alicyclic amines) is 1. The first kappa shape index (κ1) is 13.4. The van der Waals surface area contributed by atoms with E-state index in [1.807, 2.05) is 0 Å². The molecular formula is C15H20FN3O. The minimum Gasteiger partial charge on any atom is -0.398 e. The normalized spacial score (nSPS) is 22.9. The average molecular weight is 277 g/mol.